The van der Waals surface area contributed by atoms with E-state index in [-0.39, 0.29) is 28.9 Å². The molecule has 1 aliphatic heterocycles. The molecule has 1 aliphatic rings. The SMILES string of the molecule is COc1cccc(C(=O)N2CCCN(C(C)=O)CC2)c1O. The summed E-state index contributed by atoms with van der Waals surface area (Å²) in [6.07, 6.45) is 0.732. The number of benzene rings is 1. The maximum absolute atomic E-state index is 12.5. The lowest BCUT2D eigenvalue weighted by Gasteiger charge is -2.22. The third-order valence-electron chi connectivity index (χ3n) is 3.68. The molecular weight excluding hydrogens is 272 g/mol. The normalized spacial score (nSPS) is 15.5. The Morgan fingerprint density at radius 1 is 1.14 bits per heavy atom. The number of hydrogen-bond acceptors (Lipinski definition) is 4. The summed E-state index contributed by atoms with van der Waals surface area (Å²) in [5.41, 5.74) is 0.227. The monoisotopic (exact) mass is 292 g/mol. The second-order valence-electron chi connectivity index (χ2n) is 5.01. The van der Waals surface area contributed by atoms with Crippen LogP contribution in [-0.2, 0) is 4.79 Å². The van der Waals surface area contributed by atoms with Crippen molar-refractivity contribution in [3.8, 4) is 11.5 Å². The highest BCUT2D eigenvalue weighted by Gasteiger charge is 2.24. The van der Waals surface area contributed by atoms with Crippen LogP contribution in [-0.4, -0.2) is 60.0 Å². The standard InChI is InChI=1S/C15H20N2O4/c1-11(18)16-7-4-8-17(10-9-16)15(20)12-5-3-6-13(21-2)14(12)19/h3,5-6,19H,4,7-10H2,1-2H3. The van der Waals surface area contributed by atoms with Crippen molar-refractivity contribution in [1.29, 1.82) is 0 Å². The lowest BCUT2D eigenvalue weighted by atomic mass is 10.1. The molecule has 0 unspecified atom stereocenters. The van der Waals surface area contributed by atoms with Crippen LogP contribution >= 0.6 is 0 Å². The zero-order chi connectivity index (χ0) is 15.4. The van der Waals surface area contributed by atoms with Gasteiger partial charge in [-0.1, -0.05) is 6.07 Å². The van der Waals surface area contributed by atoms with Crippen LogP contribution in [0, 0.1) is 0 Å². The van der Waals surface area contributed by atoms with Gasteiger partial charge in [0.25, 0.3) is 5.91 Å². The summed E-state index contributed by atoms with van der Waals surface area (Å²) in [6.45, 7) is 3.74. The fourth-order valence-corrected chi connectivity index (χ4v) is 2.47. The van der Waals surface area contributed by atoms with Gasteiger partial charge >= 0.3 is 0 Å². The highest BCUT2D eigenvalue weighted by atomic mass is 16.5. The number of rotatable bonds is 2. The van der Waals surface area contributed by atoms with E-state index >= 15 is 0 Å². The zero-order valence-corrected chi connectivity index (χ0v) is 12.3. The van der Waals surface area contributed by atoms with Crippen LogP contribution in [0.4, 0.5) is 0 Å². The van der Waals surface area contributed by atoms with Gasteiger partial charge in [-0.25, -0.2) is 0 Å². The van der Waals surface area contributed by atoms with Crippen molar-refractivity contribution in [2.75, 3.05) is 33.3 Å². The quantitative estimate of drug-likeness (QED) is 0.886. The Morgan fingerprint density at radius 2 is 1.81 bits per heavy atom. The number of phenols is 1. The highest BCUT2D eigenvalue weighted by molar-refractivity contribution is 5.97. The molecule has 1 N–H and O–H groups in total. The van der Waals surface area contributed by atoms with Crippen LogP contribution in [0.2, 0.25) is 0 Å². The predicted octanol–water partition coefficient (Wildman–Crippen LogP) is 1.10. The van der Waals surface area contributed by atoms with Gasteiger partial charge in [0.15, 0.2) is 11.5 Å². The average Bonchev–Trinajstić information content (AvgIpc) is 2.73. The molecule has 0 aliphatic carbocycles. The fourth-order valence-electron chi connectivity index (χ4n) is 2.47. The van der Waals surface area contributed by atoms with E-state index in [1.165, 1.54) is 14.0 Å². The molecule has 0 saturated carbocycles. The molecule has 6 heteroatoms. The average molecular weight is 292 g/mol. The van der Waals surface area contributed by atoms with Crippen LogP contribution in [0.15, 0.2) is 18.2 Å². The number of nitrogens with zero attached hydrogens (tertiary/aromatic N) is 2. The lowest BCUT2D eigenvalue weighted by Crippen LogP contribution is -2.36. The molecule has 6 nitrogen and oxygen atoms in total. The third kappa shape index (κ3) is 3.26. The number of methoxy groups -OCH3 is 1. The van der Waals surface area contributed by atoms with Gasteiger partial charge in [0.05, 0.1) is 12.7 Å². The number of carbonyl (C=O) groups excluding carboxylic acids is 2. The van der Waals surface area contributed by atoms with Crippen LogP contribution in [0.25, 0.3) is 0 Å². The number of amides is 2. The Morgan fingerprint density at radius 3 is 2.48 bits per heavy atom. The minimum Gasteiger partial charge on any atom is -0.504 e. The molecule has 0 bridgehead atoms. The second-order valence-corrected chi connectivity index (χ2v) is 5.01. The van der Waals surface area contributed by atoms with Gasteiger partial charge < -0.3 is 19.6 Å². The van der Waals surface area contributed by atoms with Gasteiger partial charge in [-0.05, 0) is 18.6 Å². The number of para-hydroxylation sites is 1. The fraction of sp³-hybridized carbons (Fsp3) is 0.467. The summed E-state index contributed by atoms with van der Waals surface area (Å²) < 4.78 is 5.02. The van der Waals surface area contributed by atoms with Gasteiger partial charge in [0.1, 0.15) is 0 Å². The zero-order valence-electron chi connectivity index (χ0n) is 12.3. The topological polar surface area (TPSA) is 70.1 Å². The van der Waals surface area contributed by atoms with E-state index in [1.54, 1.807) is 28.0 Å². The molecule has 1 aromatic rings. The number of hydrogen-bond donors (Lipinski definition) is 1. The molecule has 0 aromatic heterocycles. The van der Waals surface area contributed by atoms with E-state index in [0.29, 0.717) is 26.2 Å². The van der Waals surface area contributed by atoms with E-state index in [1.807, 2.05) is 0 Å². The Balaban J connectivity index is 2.15. The van der Waals surface area contributed by atoms with E-state index in [0.717, 1.165) is 6.42 Å². The van der Waals surface area contributed by atoms with Crippen molar-refractivity contribution < 1.29 is 19.4 Å². The number of aromatic hydroxyl groups is 1. The first-order valence-electron chi connectivity index (χ1n) is 6.95. The minimum absolute atomic E-state index is 0.0218. The third-order valence-corrected chi connectivity index (χ3v) is 3.68. The summed E-state index contributed by atoms with van der Waals surface area (Å²) in [5.74, 6) is -0.0796. The Kier molecular flexibility index (Phi) is 4.67. The largest absolute Gasteiger partial charge is 0.504 e. The number of carbonyl (C=O) groups is 2. The molecule has 1 fully saturated rings. The molecule has 2 rings (SSSR count). The Bertz CT molecular complexity index is 544. The molecule has 1 aromatic carbocycles. The van der Waals surface area contributed by atoms with E-state index < -0.39 is 0 Å². The van der Waals surface area contributed by atoms with E-state index in [4.69, 9.17) is 4.74 Å². The predicted molar refractivity (Wildman–Crippen MR) is 77.4 cm³/mol. The maximum Gasteiger partial charge on any atom is 0.257 e. The smallest absolute Gasteiger partial charge is 0.257 e. The van der Waals surface area contributed by atoms with Crippen LogP contribution in [0.3, 0.4) is 0 Å². The summed E-state index contributed by atoms with van der Waals surface area (Å²) in [6, 6.07) is 4.85. The van der Waals surface area contributed by atoms with Crippen molar-refractivity contribution in [3.63, 3.8) is 0 Å². The summed E-state index contributed by atoms with van der Waals surface area (Å²) in [7, 11) is 1.44. The molecule has 114 valence electrons. The molecule has 1 heterocycles. The first-order chi connectivity index (χ1) is 10.0. The molecule has 21 heavy (non-hydrogen) atoms. The molecule has 0 atom stereocenters. The maximum atomic E-state index is 12.5. The van der Waals surface area contributed by atoms with Crippen LogP contribution < -0.4 is 4.74 Å². The number of phenolic OH excluding ortho intramolecular Hbond substituents is 1. The van der Waals surface area contributed by atoms with Crippen LogP contribution in [0.5, 0.6) is 11.5 Å². The highest BCUT2D eigenvalue weighted by Crippen LogP contribution is 2.30. The van der Waals surface area contributed by atoms with Gasteiger partial charge in [-0.3, -0.25) is 9.59 Å². The summed E-state index contributed by atoms with van der Waals surface area (Å²) >= 11 is 0. The number of ether oxygens (including phenoxy) is 1. The minimum atomic E-state index is -0.239. The van der Waals surface area contributed by atoms with Gasteiger partial charge in [-0.2, -0.15) is 0 Å². The molecule has 2 amide bonds. The van der Waals surface area contributed by atoms with Crippen molar-refractivity contribution >= 4 is 11.8 Å². The van der Waals surface area contributed by atoms with Gasteiger partial charge in [0, 0.05) is 33.1 Å². The van der Waals surface area contributed by atoms with Crippen molar-refractivity contribution in [1.82, 2.24) is 9.80 Å². The molecule has 0 radical (unpaired) electrons. The molecule has 1 saturated heterocycles. The first kappa shape index (κ1) is 15.2. The molecule has 0 spiro atoms. The summed E-state index contributed by atoms with van der Waals surface area (Å²) in [5, 5.41) is 10.1. The summed E-state index contributed by atoms with van der Waals surface area (Å²) in [4.78, 5) is 27.3. The van der Waals surface area contributed by atoms with Crippen molar-refractivity contribution in [3.05, 3.63) is 23.8 Å². The van der Waals surface area contributed by atoms with Crippen LogP contribution in [0.1, 0.15) is 23.7 Å². The first-order valence-corrected chi connectivity index (χ1v) is 6.95. The molecular formula is C15H20N2O4. The van der Waals surface area contributed by atoms with E-state index in [2.05, 4.69) is 0 Å². The Labute approximate surface area is 123 Å². The van der Waals surface area contributed by atoms with Crippen molar-refractivity contribution in [2.24, 2.45) is 0 Å². The second kappa shape index (κ2) is 6.47. The van der Waals surface area contributed by atoms with E-state index in [9.17, 15) is 14.7 Å². The van der Waals surface area contributed by atoms with Gasteiger partial charge in [-0.15, -0.1) is 0 Å². The van der Waals surface area contributed by atoms with Gasteiger partial charge in [0.2, 0.25) is 5.91 Å². The Hall–Kier alpha value is -2.24. The lowest BCUT2D eigenvalue weighted by molar-refractivity contribution is -0.128. The van der Waals surface area contributed by atoms with Crippen molar-refractivity contribution in [2.45, 2.75) is 13.3 Å².